The maximum atomic E-state index is 12.1. The number of rotatable bonds is 7. The molecule has 21 heavy (non-hydrogen) atoms. The molecule has 1 saturated heterocycles. The molecule has 116 valence electrons. The molecule has 1 fully saturated rings. The van der Waals surface area contributed by atoms with Gasteiger partial charge in [0.25, 0.3) is 0 Å². The van der Waals surface area contributed by atoms with Gasteiger partial charge in [0.15, 0.2) is 0 Å². The summed E-state index contributed by atoms with van der Waals surface area (Å²) >= 11 is 0. The smallest absolute Gasteiger partial charge is 0.224 e. The Kier molecular flexibility index (Phi) is 6.21. The number of carbonyl (C=O) groups is 1. The van der Waals surface area contributed by atoms with Crippen LogP contribution in [0.4, 0.5) is 0 Å². The van der Waals surface area contributed by atoms with Crippen molar-refractivity contribution in [1.29, 1.82) is 0 Å². The van der Waals surface area contributed by atoms with Crippen molar-refractivity contribution in [3.8, 4) is 0 Å². The lowest BCUT2D eigenvalue weighted by Gasteiger charge is -2.16. The number of nitrogens with zero attached hydrogens (tertiary/aromatic N) is 2. The first-order valence-electron chi connectivity index (χ1n) is 7.84. The molecule has 4 nitrogen and oxygen atoms in total. The van der Waals surface area contributed by atoms with E-state index in [9.17, 15) is 4.79 Å². The molecule has 0 bridgehead atoms. The zero-order chi connectivity index (χ0) is 15.1. The molecule has 0 radical (unpaired) electrons. The van der Waals surface area contributed by atoms with Crippen LogP contribution in [0.25, 0.3) is 0 Å². The van der Waals surface area contributed by atoms with Crippen LogP contribution in [-0.4, -0.2) is 56.0 Å². The van der Waals surface area contributed by atoms with Gasteiger partial charge in [0.2, 0.25) is 5.91 Å². The monoisotopic (exact) mass is 289 g/mol. The second-order valence-corrected chi connectivity index (χ2v) is 6.15. The second-order valence-electron chi connectivity index (χ2n) is 6.15. The number of benzene rings is 1. The van der Waals surface area contributed by atoms with Crippen molar-refractivity contribution in [3.63, 3.8) is 0 Å². The van der Waals surface area contributed by atoms with Crippen molar-refractivity contribution in [2.45, 2.75) is 19.4 Å². The molecule has 1 amide bonds. The van der Waals surface area contributed by atoms with Gasteiger partial charge in [-0.15, -0.1) is 0 Å². The Morgan fingerprint density at radius 3 is 2.81 bits per heavy atom. The number of hydrogen-bond acceptors (Lipinski definition) is 3. The van der Waals surface area contributed by atoms with Crippen LogP contribution >= 0.6 is 0 Å². The second kappa shape index (κ2) is 8.15. The van der Waals surface area contributed by atoms with E-state index in [1.165, 1.54) is 5.56 Å². The Balaban J connectivity index is 1.68. The summed E-state index contributed by atoms with van der Waals surface area (Å²) in [7, 11) is 4.11. The molecule has 2 rings (SSSR count). The van der Waals surface area contributed by atoms with E-state index in [1.807, 2.05) is 6.07 Å². The highest BCUT2D eigenvalue weighted by atomic mass is 16.1. The van der Waals surface area contributed by atoms with E-state index in [0.29, 0.717) is 0 Å². The first kappa shape index (κ1) is 16.0. The van der Waals surface area contributed by atoms with E-state index in [1.54, 1.807) is 0 Å². The normalized spacial score (nSPS) is 19.1. The zero-order valence-corrected chi connectivity index (χ0v) is 13.2. The van der Waals surface area contributed by atoms with Crippen molar-refractivity contribution < 1.29 is 4.79 Å². The van der Waals surface area contributed by atoms with Gasteiger partial charge < -0.3 is 10.2 Å². The Morgan fingerprint density at radius 2 is 2.10 bits per heavy atom. The van der Waals surface area contributed by atoms with Gasteiger partial charge in [-0.1, -0.05) is 30.3 Å². The number of likely N-dealkylation sites (tertiary alicyclic amines) is 1. The summed E-state index contributed by atoms with van der Waals surface area (Å²) in [4.78, 5) is 16.7. The lowest BCUT2D eigenvalue weighted by Crippen LogP contribution is -2.34. The van der Waals surface area contributed by atoms with Gasteiger partial charge in [0.05, 0.1) is 5.92 Å². The molecule has 1 N–H and O–H groups in total. The molecule has 0 aromatic heterocycles. The van der Waals surface area contributed by atoms with Crippen LogP contribution < -0.4 is 5.32 Å². The minimum Gasteiger partial charge on any atom is -0.356 e. The standard InChI is InChI=1S/C17H27N3O/c1-19(2)11-6-10-18-17(21)16-9-12-20(14-16)13-15-7-4-3-5-8-15/h3-5,7-8,16H,6,9-14H2,1-2H3,(H,18,21). The summed E-state index contributed by atoms with van der Waals surface area (Å²) in [5.41, 5.74) is 1.32. The molecule has 1 aromatic carbocycles. The Hall–Kier alpha value is -1.39. The van der Waals surface area contributed by atoms with Crippen LogP contribution in [-0.2, 0) is 11.3 Å². The lowest BCUT2D eigenvalue weighted by molar-refractivity contribution is -0.124. The fraction of sp³-hybridized carbons (Fsp3) is 0.588. The summed E-state index contributed by atoms with van der Waals surface area (Å²) in [6, 6.07) is 10.5. The highest BCUT2D eigenvalue weighted by Gasteiger charge is 2.27. The van der Waals surface area contributed by atoms with Crippen LogP contribution in [0.15, 0.2) is 30.3 Å². The molecule has 1 aromatic rings. The van der Waals surface area contributed by atoms with Crippen molar-refractivity contribution in [1.82, 2.24) is 15.1 Å². The highest BCUT2D eigenvalue weighted by molar-refractivity contribution is 5.79. The number of amides is 1. The Labute approximate surface area is 128 Å². The van der Waals surface area contributed by atoms with Gasteiger partial charge in [-0.3, -0.25) is 9.69 Å². The molecule has 0 spiro atoms. The van der Waals surface area contributed by atoms with Crippen LogP contribution in [0.3, 0.4) is 0 Å². The third-order valence-corrected chi connectivity index (χ3v) is 3.97. The van der Waals surface area contributed by atoms with Crippen LogP contribution in [0.5, 0.6) is 0 Å². The first-order chi connectivity index (χ1) is 10.1. The van der Waals surface area contributed by atoms with E-state index in [2.05, 4.69) is 53.5 Å². The van der Waals surface area contributed by atoms with Crippen molar-refractivity contribution in [2.24, 2.45) is 5.92 Å². The molecular formula is C17H27N3O. The van der Waals surface area contributed by atoms with Gasteiger partial charge in [0.1, 0.15) is 0 Å². The lowest BCUT2D eigenvalue weighted by atomic mass is 10.1. The van der Waals surface area contributed by atoms with Crippen molar-refractivity contribution in [2.75, 3.05) is 40.3 Å². The number of nitrogens with one attached hydrogen (secondary N) is 1. The molecule has 1 heterocycles. The minimum absolute atomic E-state index is 0.160. The molecule has 1 unspecified atom stereocenters. The maximum Gasteiger partial charge on any atom is 0.224 e. The zero-order valence-electron chi connectivity index (χ0n) is 13.2. The topological polar surface area (TPSA) is 35.6 Å². The largest absolute Gasteiger partial charge is 0.356 e. The van der Waals surface area contributed by atoms with Gasteiger partial charge in [-0.05, 0) is 45.6 Å². The fourth-order valence-electron chi connectivity index (χ4n) is 2.78. The summed E-state index contributed by atoms with van der Waals surface area (Å²) in [6.45, 7) is 4.65. The SMILES string of the molecule is CN(C)CCCNC(=O)C1CCN(Cc2ccccc2)C1. The predicted octanol–water partition coefficient (Wildman–Crippen LogP) is 1.58. The molecule has 4 heteroatoms. The third kappa shape index (κ3) is 5.48. The van der Waals surface area contributed by atoms with Crippen molar-refractivity contribution in [3.05, 3.63) is 35.9 Å². The molecule has 1 aliphatic heterocycles. The van der Waals surface area contributed by atoms with Crippen LogP contribution in [0.1, 0.15) is 18.4 Å². The predicted molar refractivity (Wildman–Crippen MR) is 86.0 cm³/mol. The van der Waals surface area contributed by atoms with E-state index < -0.39 is 0 Å². The Bertz CT molecular complexity index is 433. The molecule has 0 saturated carbocycles. The molecule has 1 aliphatic rings. The minimum atomic E-state index is 0.160. The summed E-state index contributed by atoms with van der Waals surface area (Å²) in [6.07, 6.45) is 1.99. The van der Waals surface area contributed by atoms with Gasteiger partial charge in [-0.2, -0.15) is 0 Å². The number of hydrogen-bond donors (Lipinski definition) is 1. The van der Waals surface area contributed by atoms with Gasteiger partial charge >= 0.3 is 0 Å². The van der Waals surface area contributed by atoms with E-state index in [-0.39, 0.29) is 11.8 Å². The third-order valence-electron chi connectivity index (χ3n) is 3.97. The van der Waals surface area contributed by atoms with E-state index in [4.69, 9.17) is 0 Å². The highest BCUT2D eigenvalue weighted by Crippen LogP contribution is 2.18. The molecular weight excluding hydrogens is 262 g/mol. The number of carbonyl (C=O) groups excluding carboxylic acids is 1. The summed E-state index contributed by atoms with van der Waals surface area (Å²) in [5.74, 6) is 0.386. The maximum absolute atomic E-state index is 12.1. The van der Waals surface area contributed by atoms with Crippen LogP contribution in [0.2, 0.25) is 0 Å². The summed E-state index contributed by atoms with van der Waals surface area (Å²) < 4.78 is 0. The Morgan fingerprint density at radius 1 is 1.33 bits per heavy atom. The average molecular weight is 289 g/mol. The average Bonchev–Trinajstić information content (AvgIpc) is 2.93. The fourth-order valence-corrected chi connectivity index (χ4v) is 2.78. The molecule has 1 atom stereocenters. The van der Waals surface area contributed by atoms with Gasteiger partial charge in [-0.25, -0.2) is 0 Å². The first-order valence-corrected chi connectivity index (χ1v) is 7.84. The van der Waals surface area contributed by atoms with Crippen LogP contribution in [0, 0.1) is 5.92 Å². The molecule has 0 aliphatic carbocycles. The van der Waals surface area contributed by atoms with Gasteiger partial charge in [0, 0.05) is 19.6 Å². The van der Waals surface area contributed by atoms with E-state index in [0.717, 1.165) is 45.6 Å². The summed E-state index contributed by atoms with van der Waals surface area (Å²) in [5, 5.41) is 3.07. The van der Waals surface area contributed by atoms with E-state index >= 15 is 0 Å². The van der Waals surface area contributed by atoms with Crippen molar-refractivity contribution >= 4 is 5.91 Å². The quantitative estimate of drug-likeness (QED) is 0.774.